The summed E-state index contributed by atoms with van der Waals surface area (Å²) in [6.07, 6.45) is 2.08. The highest BCUT2D eigenvalue weighted by Crippen LogP contribution is 2.37. The van der Waals surface area contributed by atoms with Gasteiger partial charge in [-0.1, -0.05) is 52.0 Å². The van der Waals surface area contributed by atoms with Crippen LogP contribution >= 0.6 is 39.9 Å². The van der Waals surface area contributed by atoms with Crippen LogP contribution in [0.1, 0.15) is 12.2 Å². The first-order valence-electron chi connectivity index (χ1n) is 8.16. The number of hydrogen-bond acceptors (Lipinski definition) is 6. The van der Waals surface area contributed by atoms with E-state index in [1.54, 1.807) is 12.1 Å². The van der Waals surface area contributed by atoms with Crippen LogP contribution in [0.15, 0.2) is 50.2 Å². The molecule has 140 valence electrons. The number of benzene rings is 1. The first kappa shape index (κ1) is 18.9. The van der Waals surface area contributed by atoms with Gasteiger partial charge >= 0.3 is 0 Å². The highest BCUT2D eigenvalue weighted by atomic mass is 79.9. The number of carbonyl (C=O) groups is 1. The Morgan fingerprint density at radius 3 is 2.63 bits per heavy atom. The lowest BCUT2D eigenvalue weighted by Gasteiger charge is -2.20. The van der Waals surface area contributed by atoms with Gasteiger partial charge in [-0.05, 0) is 30.7 Å². The number of nitrogens with zero attached hydrogens (tertiary/aromatic N) is 1. The summed E-state index contributed by atoms with van der Waals surface area (Å²) >= 11 is 9.89. The van der Waals surface area contributed by atoms with Crippen LogP contribution in [0.5, 0.6) is 0 Å². The third-order valence-corrected chi connectivity index (χ3v) is 8.04. The number of thioether (sulfide) groups is 1. The Kier molecular flexibility index (Phi) is 5.04. The van der Waals surface area contributed by atoms with Gasteiger partial charge in [-0.15, -0.1) is 0 Å². The van der Waals surface area contributed by atoms with Crippen molar-refractivity contribution in [2.24, 2.45) is 0 Å². The van der Waals surface area contributed by atoms with Crippen LogP contribution < -0.4 is 0 Å². The van der Waals surface area contributed by atoms with Crippen LogP contribution in [0.3, 0.4) is 0 Å². The van der Waals surface area contributed by atoms with Crippen molar-refractivity contribution in [2.45, 2.75) is 12.5 Å². The van der Waals surface area contributed by atoms with E-state index in [0.717, 1.165) is 10.0 Å². The molecule has 2 aliphatic rings. The highest BCUT2D eigenvalue weighted by Gasteiger charge is 2.42. The Morgan fingerprint density at radius 2 is 1.96 bits per heavy atom. The fourth-order valence-corrected chi connectivity index (χ4v) is 6.45. The monoisotopic (exact) mass is 483 g/mol. The average Bonchev–Trinajstić information content (AvgIpc) is 3.28. The van der Waals surface area contributed by atoms with Gasteiger partial charge in [0.15, 0.2) is 9.84 Å². The summed E-state index contributed by atoms with van der Waals surface area (Å²) in [4.78, 5) is 14.6. The Balaban J connectivity index is 1.56. The second-order valence-electron chi connectivity index (χ2n) is 6.32. The van der Waals surface area contributed by atoms with Crippen molar-refractivity contribution in [1.29, 1.82) is 0 Å². The van der Waals surface area contributed by atoms with E-state index in [1.807, 2.05) is 30.3 Å². The van der Waals surface area contributed by atoms with Crippen molar-refractivity contribution >= 4 is 66.1 Å². The molecular weight excluding hydrogens is 470 g/mol. The summed E-state index contributed by atoms with van der Waals surface area (Å²) in [5, 5.41) is 0. The van der Waals surface area contributed by atoms with E-state index in [4.69, 9.17) is 16.6 Å². The molecule has 3 heterocycles. The minimum absolute atomic E-state index is 0.0266. The molecule has 0 N–H and O–H groups in total. The minimum atomic E-state index is -3.09. The van der Waals surface area contributed by atoms with Gasteiger partial charge in [0.25, 0.3) is 5.91 Å². The second-order valence-corrected chi connectivity index (χ2v) is 11.1. The third-order valence-electron chi connectivity index (χ3n) is 4.43. The average molecular weight is 484 g/mol. The van der Waals surface area contributed by atoms with Crippen molar-refractivity contribution in [1.82, 2.24) is 4.90 Å². The lowest BCUT2D eigenvalue weighted by molar-refractivity contribution is -0.123. The first-order chi connectivity index (χ1) is 12.8. The van der Waals surface area contributed by atoms with Gasteiger partial charge in [-0.25, -0.2) is 8.42 Å². The molecule has 27 heavy (non-hydrogen) atoms. The zero-order chi connectivity index (χ0) is 19.2. The molecule has 5 nitrogen and oxygen atoms in total. The van der Waals surface area contributed by atoms with Crippen LogP contribution in [0.4, 0.5) is 0 Å². The molecular formula is C18H14BrNO4S3. The van der Waals surface area contributed by atoms with Gasteiger partial charge in [0.1, 0.15) is 15.8 Å². The zero-order valence-corrected chi connectivity index (χ0v) is 18.0. The van der Waals surface area contributed by atoms with Gasteiger partial charge in [-0.3, -0.25) is 9.69 Å². The number of amides is 1. The van der Waals surface area contributed by atoms with E-state index in [1.165, 1.54) is 16.7 Å². The number of thiocarbonyl (C=S) groups is 1. The van der Waals surface area contributed by atoms with E-state index in [2.05, 4.69) is 15.9 Å². The Morgan fingerprint density at radius 1 is 1.22 bits per heavy atom. The van der Waals surface area contributed by atoms with Gasteiger partial charge in [0, 0.05) is 16.1 Å². The van der Waals surface area contributed by atoms with Crippen molar-refractivity contribution in [3.63, 3.8) is 0 Å². The molecule has 2 aromatic rings. The van der Waals surface area contributed by atoms with Crippen LogP contribution in [-0.2, 0) is 14.6 Å². The van der Waals surface area contributed by atoms with E-state index in [9.17, 15) is 13.2 Å². The van der Waals surface area contributed by atoms with Gasteiger partial charge < -0.3 is 4.42 Å². The second kappa shape index (κ2) is 7.20. The summed E-state index contributed by atoms with van der Waals surface area (Å²) in [5.41, 5.74) is 0.932. The molecule has 1 aromatic heterocycles. The normalized spacial score (nSPS) is 23.5. The van der Waals surface area contributed by atoms with Crippen molar-refractivity contribution in [2.75, 3.05) is 11.5 Å². The molecule has 0 saturated carbocycles. The number of hydrogen-bond donors (Lipinski definition) is 0. The summed E-state index contributed by atoms with van der Waals surface area (Å²) in [5.74, 6) is 1.07. The molecule has 1 amide bonds. The predicted molar refractivity (Wildman–Crippen MR) is 114 cm³/mol. The molecule has 2 saturated heterocycles. The third kappa shape index (κ3) is 3.91. The van der Waals surface area contributed by atoms with Crippen LogP contribution in [0, 0.1) is 0 Å². The summed E-state index contributed by atoms with van der Waals surface area (Å²) < 4.78 is 30.7. The summed E-state index contributed by atoms with van der Waals surface area (Å²) in [6.45, 7) is 0. The van der Waals surface area contributed by atoms with Crippen molar-refractivity contribution in [3.8, 4) is 11.3 Å². The van der Waals surface area contributed by atoms with E-state index in [0.29, 0.717) is 27.2 Å². The SMILES string of the molecule is O=C1/C(=C\c2ccc(-c3ccc(Br)cc3)o2)SC(=S)N1[C@H]1CCS(=O)(=O)C1. The Labute approximate surface area is 174 Å². The summed E-state index contributed by atoms with van der Waals surface area (Å²) in [6, 6.07) is 11.0. The topological polar surface area (TPSA) is 67.6 Å². The molecule has 2 fully saturated rings. The van der Waals surface area contributed by atoms with Crippen molar-refractivity contribution < 1.29 is 17.6 Å². The first-order valence-corrected chi connectivity index (χ1v) is 12.0. The summed E-state index contributed by atoms with van der Waals surface area (Å²) in [7, 11) is -3.09. The Hall–Kier alpha value is -1.42. The number of sulfone groups is 1. The maximum atomic E-state index is 12.7. The van der Waals surface area contributed by atoms with Gasteiger partial charge in [-0.2, -0.15) is 0 Å². The molecule has 0 unspecified atom stereocenters. The Bertz CT molecular complexity index is 1060. The molecule has 0 radical (unpaired) electrons. The lowest BCUT2D eigenvalue weighted by atomic mass is 10.2. The standard InChI is InChI=1S/C18H14BrNO4S3/c19-12-3-1-11(2-4-12)15-6-5-14(24-15)9-16-17(21)20(18(25)26-16)13-7-8-27(22,23)10-13/h1-6,9,13H,7-8,10H2/b16-9+/t13-/m0/s1. The molecule has 1 aromatic carbocycles. The number of furan rings is 1. The largest absolute Gasteiger partial charge is 0.457 e. The van der Waals surface area contributed by atoms with Crippen LogP contribution in [-0.4, -0.2) is 41.1 Å². The fraction of sp³-hybridized carbons (Fsp3) is 0.222. The minimum Gasteiger partial charge on any atom is -0.457 e. The maximum absolute atomic E-state index is 12.7. The molecule has 2 aliphatic heterocycles. The van der Waals surface area contributed by atoms with E-state index >= 15 is 0 Å². The maximum Gasteiger partial charge on any atom is 0.266 e. The molecule has 0 aliphatic carbocycles. The molecule has 1 atom stereocenters. The molecule has 0 spiro atoms. The van der Waals surface area contributed by atoms with E-state index in [-0.39, 0.29) is 23.5 Å². The van der Waals surface area contributed by atoms with Crippen molar-refractivity contribution in [3.05, 3.63) is 51.5 Å². The quantitative estimate of drug-likeness (QED) is 0.483. The number of halogens is 1. The van der Waals surface area contributed by atoms with Gasteiger partial charge in [0.2, 0.25) is 0 Å². The lowest BCUT2D eigenvalue weighted by Crippen LogP contribution is -2.39. The molecule has 4 rings (SSSR count). The highest BCUT2D eigenvalue weighted by molar-refractivity contribution is 9.10. The smallest absolute Gasteiger partial charge is 0.266 e. The zero-order valence-electron chi connectivity index (χ0n) is 13.9. The van der Waals surface area contributed by atoms with E-state index < -0.39 is 9.84 Å². The predicted octanol–water partition coefficient (Wildman–Crippen LogP) is 4.10. The van der Waals surface area contributed by atoms with Crippen LogP contribution in [0.25, 0.3) is 17.4 Å². The fourth-order valence-electron chi connectivity index (χ4n) is 3.10. The van der Waals surface area contributed by atoms with Crippen LogP contribution in [0.2, 0.25) is 0 Å². The number of rotatable bonds is 3. The molecule has 0 bridgehead atoms. The number of carbonyl (C=O) groups excluding carboxylic acids is 1. The molecule has 9 heteroatoms. The van der Waals surface area contributed by atoms with Gasteiger partial charge in [0.05, 0.1) is 22.5 Å².